The van der Waals surface area contributed by atoms with E-state index in [1.54, 1.807) is 0 Å². The van der Waals surface area contributed by atoms with Crippen molar-refractivity contribution in [1.82, 2.24) is 19.4 Å². The Bertz CT molecular complexity index is 2210. The Morgan fingerprint density at radius 3 is 2.07 bits per heavy atom. The van der Waals surface area contributed by atoms with Crippen LogP contribution in [-0.4, -0.2) is 33.6 Å². The van der Waals surface area contributed by atoms with Gasteiger partial charge in [0.1, 0.15) is 6.17 Å². The Balaban J connectivity index is 1.30. The first-order valence-corrected chi connectivity index (χ1v) is 14.4. The molecule has 0 fully saturated rings. The summed E-state index contributed by atoms with van der Waals surface area (Å²) in [4.78, 5) is 9.31. The van der Waals surface area contributed by atoms with Crippen LogP contribution in [0.5, 0.6) is 0 Å². The molecule has 9 rings (SSSR count). The first kappa shape index (κ1) is 23.4. The normalized spacial score (nSPS) is 18.5. The second-order valence-electron chi connectivity index (χ2n) is 11.1. The van der Waals surface area contributed by atoms with Crippen LogP contribution in [0.1, 0.15) is 6.29 Å². The second-order valence-corrected chi connectivity index (χ2v) is 11.1. The lowest BCUT2D eigenvalue weighted by Gasteiger charge is -2.38. The van der Waals surface area contributed by atoms with Gasteiger partial charge in [0.15, 0.2) is 6.29 Å². The number of hydrogen-bond acceptors (Lipinski definition) is 4. The van der Waals surface area contributed by atoms with E-state index in [0.717, 1.165) is 17.1 Å². The number of benzene rings is 5. The molecule has 6 nitrogen and oxygen atoms in total. The third-order valence-electron chi connectivity index (χ3n) is 8.72. The molecule has 0 saturated carbocycles. The van der Waals surface area contributed by atoms with Crippen molar-refractivity contribution in [2.75, 3.05) is 11.9 Å². The minimum absolute atomic E-state index is 0.124. The number of aliphatic imine (C=N–C) groups is 1. The molecule has 0 saturated heterocycles. The third kappa shape index (κ3) is 3.21. The molecule has 0 radical (unpaired) electrons. The van der Waals surface area contributed by atoms with Crippen LogP contribution in [0.25, 0.3) is 49.3 Å². The number of anilines is 1. The molecule has 1 N–H and O–H groups in total. The molecule has 0 bridgehead atoms. The largest absolute Gasteiger partial charge is 0.346 e. The Morgan fingerprint density at radius 1 is 0.619 bits per heavy atom. The zero-order chi connectivity index (χ0) is 27.8. The minimum Gasteiger partial charge on any atom is -0.346 e. The Kier molecular flexibility index (Phi) is 4.92. The lowest BCUT2D eigenvalue weighted by Crippen LogP contribution is -2.48. The smallest absolute Gasteiger partial charge is 0.163 e. The van der Waals surface area contributed by atoms with Crippen LogP contribution in [0.4, 0.5) is 5.69 Å². The van der Waals surface area contributed by atoms with Crippen LogP contribution < -0.4 is 10.2 Å². The van der Waals surface area contributed by atoms with E-state index in [4.69, 9.17) is 4.99 Å². The highest BCUT2D eigenvalue weighted by molar-refractivity contribution is 6.25. The molecule has 6 heteroatoms. The van der Waals surface area contributed by atoms with Crippen LogP contribution in [-0.2, 0) is 0 Å². The number of nitrogens with zero attached hydrogens (tertiary/aromatic N) is 5. The fourth-order valence-corrected chi connectivity index (χ4v) is 6.92. The number of hydrogen-bond donors (Lipinski definition) is 1. The number of rotatable bonds is 3. The van der Waals surface area contributed by atoms with Crippen LogP contribution in [0.2, 0.25) is 0 Å². The van der Waals surface area contributed by atoms with E-state index in [9.17, 15) is 0 Å². The minimum atomic E-state index is -0.137. The van der Waals surface area contributed by atoms with E-state index in [-0.39, 0.29) is 12.5 Å². The molecular weight excluding hydrogens is 516 g/mol. The highest BCUT2D eigenvalue weighted by Crippen LogP contribution is 2.42. The molecule has 2 aliphatic heterocycles. The number of nitrogens with one attached hydrogen (secondary N) is 1. The van der Waals surface area contributed by atoms with Crippen molar-refractivity contribution in [2.24, 2.45) is 4.99 Å². The molecule has 202 valence electrons. The van der Waals surface area contributed by atoms with Gasteiger partial charge in [0.2, 0.25) is 0 Å². The van der Waals surface area contributed by atoms with Gasteiger partial charge in [0.25, 0.3) is 0 Å². The monoisotopic (exact) mass is 544 g/mol. The Labute approximate surface area is 243 Å². The lowest BCUT2D eigenvalue weighted by molar-refractivity contribution is 0.176. The number of para-hydroxylation sites is 4. The molecule has 0 amide bonds. The van der Waals surface area contributed by atoms with E-state index >= 15 is 0 Å². The summed E-state index contributed by atoms with van der Waals surface area (Å²) < 4.78 is 4.86. The van der Waals surface area contributed by atoms with Crippen LogP contribution in [0.15, 0.2) is 138 Å². The van der Waals surface area contributed by atoms with Gasteiger partial charge in [-0.1, -0.05) is 78.9 Å². The van der Waals surface area contributed by atoms with Crippen molar-refractivity contribution in [3.63, 3.8) is 0 Å². The molecule has 7 aromatic rings. The number of fused-ring (bicyclic) bond motifs is 8. The van der Waals surface area contributed by atoms with E-state index in [1.165, 1.54) is 43.6 Å². The van der Waals surface area contributed by atoms with Crippen molar-refractivity contribution in [3.8, 4) is 5.69 Å². The fraction of sp³-hybridized carbons (Fsp3) is 0.0833. The molecule has 4 heterocycles. The van der Waals surface area contributed by atoms with Crippen molar-refractivity contribution >= 4 is 55.6 Å². The summed E-state index contributed by atoms with van der Waals surface area (Å²) in [6.07, 6.45) is 3.90. The molecule has 42 heavy (non-hydrogen) atoms. The van der Waals surface area contributed by atoms with Crippen molar-refractivity contribution < 1.29 is 0 Å². The summed E-state index contributed by atoms with van der Waals surface area (Å²) in [5.74, 6) is 0. The summed E-state index contributed by atoms with van der Waals surface area (Å²) in [5, 5.41) is 8.87. The summed E-state index contributed by atoms with van der Waals surface area (Å²) in [7, 11) is 2.14. The first-order valence-electron chi connectivity index (χ1n) is 14.4. The predicted molar refractivity (Wildman–Crippen MR) is 173 cm³/mol. The van der Waals surface area contributed by atoms with Gasteiger partial charge in [0, 0.05) is 46.2 Å². The Hall–Kier alpha value is -5.33. The molecule has 2 atom stereocenters. The van der Waals surface area contributed by atoms with E-state index in [1.807, 2.05) is 12.4 Å². The van der Waals surface area contributed by atoms with Gasteiger partial charge in [-0.15, -0.1) is 0 Å². The summed E-state index contributed by atoms with van der Waals surface area (Å²) >= 11 is 0. The summed E-state index contributed by atoms with van der Waals surface area (Å²) in [5.41, 5.74) is 8.21. The van der Waals surface area contributed by atoms with Gasteiger partial charge in [0.05, 0.1) is 34.1 Å². The van der Waals surface area contributed by atoms with Gasteiger partial charge in [-0.3, -0.25) is 5.32 Å². The quantitative estimate of drug-likeness (QED) is 0.249. The van der Waals surface area contributed by atoms with E-state index in [2.05, 4.69) is 153 Å². The zero-order valence-corrected chi connectivity index (χ0v) is 23.1. The molecule has 2 aromatic heterocycles. The van der Waals surface area contributed by atoms with Crippen molar-refractivity contribution in [3.05, 3.63) is 133 Å². The molecule has 0 aliphatic carbocycles. The predicted octanol–water partition coefficient (Wildman–Crippen LogP) is 7.60. The standard InChI is InChI=1S/C36H28N6/c1-39-22-32-35(37-23-40(32)24-12-4-2-5-13-24)38-36(39)42-30-19-11-9-17-28(30)33-31(42)21-20-27-26-16-8-10-18-29(26)41(34(27)33)25-14-6-3-7-15-25/h2-23,35-36,38H,1H3. The Morgan fingerprint density at radius 2 is 1.29 bits per heavy atom. The third-order valence-corrected chi connectivity index (χ3v) is 8.72. The number of aromatic nitrogens is 2. The molecule has 0 spiro atoms. The molecule has 2 unspecified atom stereocenters. The van der Waals surface area contributed by atoms with E-state index < -0.39 is 0 Å². The van der Waals surface area contributed by atoms with E-state index in [0.29, 0.717) is 0 Å². The highest BCUT2D eigenvalue weighted by Gasteiger charge is 2.35. The van der Waals surface area contributed by atoms with Gasteiger partial charge in [-0.25, -0.2) is 4.99 Å². The molecule has 5 aromatic carbocycles. The maximum atomic E-state index is 4.88. The summed E-state index contributed by atoms with van der Waals surface area (Å²) in [6.45, 7) is 0. The van der Waals surface area contributed by atoms with Gasteiger partial charge >= 0.3 is 0 Å². The van der Waals surface area contributed by atoms with Crippen LogP contribution >= 0.6 is 0 Å². The highest BCUT2D eigenvalue weighted by atomic mass is 15.5. The van der Waals surface area contributed by atoms with Crippen molar-refractivity contribution in [2.45, 2.75) is 12.5 Å². The van der Waals surface area contributed by atoms with Gasteiger partial charge in [-0.05, 0) is 42.5 Å². The second kappa shape index (κ2) is 8.83. The fourth-order valence-electron chi connectivity index (χ4n) is 6.92. The maximum absolute atomic E-state index is 4.88. The topological polar surface area (TPSA) is 40.7 Å². The maximum Gasteiger partial charge on any atom is 0.163 e. The van der Waals surface area contributed by atoms with Gasteiger partial charge in [-0.2, -0.15) is 0 Å². The van der Waals surface area contributed by atoms with Gasteiger partial charge < -0.3 is 18.9 Å². The van der Waals surface area contributed by atoms with Crippen molar-refractivity contribution in [1.29, 1.82) is 0 Å². The van der Waals surface area contributed by atoms with Crippen LogP contribution in [0.3, 0.4) is 0 Å². The molecular formula is C36H28N6. The molecule has 2 aliphatic rings. The summed E-state index contributed by atoms with van der Waals surface area (Å²) in [6, 6.07) is 43.2. The van der Waals surface area contributed by atoms with Crippen LogP contribution in [0, 0.1) is 0 Å². The average molecular weight is 545 g/mol. The average Bonchev–Trinajstić information content (AvgIpc) is 3.71. The first-order chi connectivity index (χ1) is 20.8. The lowest BCUT2D eigenvalue weighted by atomic mass is 10.1. The zero-order valence-electron chi connectivity index (χ0n) is 23.1. The SMILES string of the molecule is CN1C=C2C(N=CN2c2ccccc2)NC1n1c2ccccc2c2c3c(ccc21)c1ccccc1n3-c1ccccc1.